The predicted molar refractivity (Wildman–Crippen MR) is 113 cm³/mol. The Morgan fingerprint density at radius 1 is 1.36 bits per heavy atom. The van der Waals surface area contributed by atoms with E-state index in [-0.39, 0.29) is 11.5 Å². The molecule has 3 rings (SSSR count). The van der Waals surface area contributed by atoms with Gasteiger partial charge in [-0.05, 0) is 24.6 Å². The quantitative estimate of drug-likeness (QED) is 0.617. The van der Waals surface area contributed by atoms with Crippen molar-refractivity contribution in [3.63, 3.8) is 0 Å². The van der Waals surface area contributed by atoms with E-state index >= 15 is 0 Å². The minimum absolute atomic E-state index is 0.0218. The van der Waals surface area contributed by atoms with Gasteiger partial charge in [-0.15, -0.1) is 11.3 Å². The van der Waals surface area contributed by atoms with Crippen molar-refractivity contribution in [3.05, 3.63) is 56.2 Å². The summed E-state index contributed by atoms with van der Waals surface area (Å²) in [6.45, 7) is 2.35. The van der Waals surface area contributed by atoms with Crippen molar-refractivity contribution in [1.82, 2.24) is 14.5 Å². The number of hydrogen-bond acceptors (Lipinski definition) is 6. The Morgan fingerprint density at radius 2 is 2.11 bits per heavy atom. The van der Waals surface area contributed by atoms with Crippen molar-refractivity contribution in [2.45, 2.75) is 26.3 Å². The number of para-hydroxylation sites is 1. The van der Waals surface area contributed by atoms with E-state index in [2.05, 4.69) is 9.97 Å². The van der Waals surface area contributed by atoms with E-state index in [0.29, 0.717) is 11.6 Å². The second-order valence-corrected chi connectivity index (χ2v) is 7.31. The standard InChI is InChI=1S/C19H21N5O3S/c1-3-4-11-24-17(20)16(18(26)22-19(24)27)23(2)15(25)10-9-14-21-12-7-5-6-8-13(12)28-14/h5-10H,3-4,11,20H2,1-2H3,(H,22,26,27)/b10-9+. The summed E-state index contributed by atoms with van der Waals surface area (Å²) in [4.78, 5) is 44.6. The number of hydrogen-bond donors (Lipinski definition) is 2. The number of anilines is 2. The molecule has 2 aromatic heterocycles. The molecule has 1 amide bonds. The third kappa shape index (κ3) is 3.89. The zero-order valence-corrected chi connectivity index (χ0v) is 16.5. The first kappa shape index (κ1) is 19.6. The smallest absolute Gasteiger partial charge is 0.330 e. The van der Waals surface area contributed by atoms with E-state index in [1.54, 1.807) is 6.08 Å². The molecular formula is C19H21N5O3S. The maximum absolute atomic E-state index is 12.6. The Hall–Kier alpha value is -3.20. The zero-order valence-electron chi connectivity index (χ0n) is 15.6. The lowest BCUT2D eigenvalue weighted by atomic mass is 10.3. The van der Waals surface area contributed by atoms with Gasteiger partial charge in [-0.1, -0.05) is 25.5 Å². The van der Waals surface area contributed by atoms with Gasteiger partial charge in [0.15, 0.2) is 5.69 Å². The molecular weight excluding hydrogens is 378 g/mol. The van der Waals surface area contributed by atoms with Crippen LogP contribution < -0.4 is 21.9 Å². The van der Waals surface area contributed by atoms with Gasteiger partial charge in [-0.2, -0.15) is 0 Å². The van der Waals surface area contributed by atoms with Gasteiger partial charge in [-0.3, -0.25) is 19.1 Å². The molecule has 0 aliphatic carbocycles. The lowest BCUT2D eigenvalue weighted by Crippen LogP contribution is -2.38. The molecule has 0 radical (unpaired) electrons. The van der Waals surface area contributed by atoms with Crippen LogP contribution in [0.25, 0.3) is 16.3 Å². The first-order valence-corrected chi connectivity index (χ1v) is 9.68. The van der Waals surface area contributed by atoms with Crippen molar-refractivity contribution in [2.24, 2.45) is 0 Å². The van der Waals surface area contributed by atoms with Crippen molar-refractivity contribution >= 4 is 45.0 Å². The number of nitrogen functional groups attached to an aromatic ring is 1. The summed E-state index contributed by atoms with van der Waals surface area (Å²) >= 11 is 1.46. The van der Waals surface area contributed by atoms with E-state index < -0.39 is 17.2 Å². The maximum Gasteiger partial charge on any atom is 0.330 e. The monoisotopic (exact) mass is 399 g/mol. The van der Waals surface area contributed by atoms with E-state index in [1.165, 1.54) is 29.0 Å². The fourth-order valence-electron chi connectivity index (χ4n) is 2.77. The van der Waals surface area contributed by atoms with Gasteiger partial charge in [0.05, 0.1) is 10.2 Å². The molecule has 3 N–H and O–H groups in total. The van der Waals surface area contributed by atoms with Crippen LogP contribution in [-0.4, -0.2) is 27.5 Å². The molecule has 2 heterocycles. The van der Waals surface area contributed by atoms with Gasteiger partial charge in [0, 0.05) is 19.7 Å². The molecule has 0 fully saturated rings. The number of carbonyl (C=O) groups is 1. The molecule has 28 heavy (non-hydrogen) atoms. The Balaban J connectivity index is 1.88. The lowest BCUT2D eigenvalue weighted by Gasteiger charge is -2.19. The van der Waals surface area contributed by atoms with Gasteiger partial charge < -0.3 is 10.6 Å². The third-order valence-electron chi connectivity index (χ3n) is 4.29. The Bertz CT molecular complexity index is 1130. The molecule has 0 atom stereocenters. The third-order valence-corrected chi connectivity index (χ3v) is 5.30. The van der Waals surface area contributed by atoms with Crippen LogP contribution in [0, 0.1) is 0 Å². The van der Waals surface area contributed by atoms with Gasteiger partial charge in [0.1, 0.15) is 10.8 Å². The predicted octanol–water partition coefficient (Wildman–Crippen LogP) is 2.20. The van der Waals surface area contributed by atoms with Crippen LogP contribution in [0.1, 0.15) is 24.8 Å². The van der Waals surface area contributed by atoms with Gasteiger partial charge >= 0.3 is 5.69 Å². The number of aromatic nitrogens is 3. The SMILES string of the molecule is CCCCn1c(N)c(N(C)C(=O)/C=C/c2nc3ccccc3s2)c(=O)[nH]c1=O. The summed E-state index contributed by atoms with van der Waals surface area (Å²) in [5, 5.41) is 0.678. The largest absolute Gasteiger partial charge is 0.383 e. The Morgan fingerprint density at radius 3 is 2.82 bits per heavy atom. The maximum atomic E-state index is 12.6. The molecule has 0 aliphatic heterocycles. The van der Waals surface area contributed by atoms with Crippen molar-refractivity contribution in [1.29, 1.82) is 0 Å². The van der Waals surface area contributed by atoms with Crippen LogP contribution >= 0.6 is 11.3 Å². The second-order valence-electron chi connectivity index (χ2n) is 6.25. The average molecular weight is 399 g/mol. The highest BCUT2D eigenvalue weighted by Gasteiger charge is 2.19. The minimum atomic E-state index is -0.695. The molecule has 0 unspecified atom stereocenters. The molecule has 0 spiro atoms. The van der Waals surface area contributed by atoms with Crippen LogP contribution in [0.5, 0.6) is 0 Å². The lowest BCUT2D eigenvalue weighted by molar-refractivity contribution is -0.113. The highest BCUT2D eigenvalue weighted by Crippen LogP contribution is 2.22. The molecule has 0 saturated heterocycles. The number of aromatic amines is 1. The van der Waals surface area contributed by atoms with Crippen molar-refractivity contribution < 1.29 is 4.79 Å². The molecule has 146 valence electrons. The summed E-state index contributed by atoms with van der Waals surface area (Å²) < 4.78 is 2.30. The number of benzene rings is 1. The van der Waals surface area contributed by atoms with Crippen LogP contribution in [0.4, 0.5) is 11.5 Å². The highest BCUT2D eigenvalue weighted by atomic mass is 32.1. The van der Waals surface area contributed by atoms with Crippen molar-refractivity contribution in [3.8, 4) is 0 Å². The van der Waals surface area contributed by atoms with Gasteiger partial charge in [0.2, 0.25) is 0 Å². The number of nitrogens with zero attached hydrogens (tertiary/aromatic N) is 3. The summed E-state index contributed by atoms with van der Waals surface area (Å²) in [5.74, 6) is -0.469. The van der Waals surface area contributed by atoms with Crippen LogP contribution in [0.15, 0.2) is 39.9 Å². The number of thiazole rings is 1. The summed E-state index contributed by atoms with van der Waals surface area (Å²) in [6.07, 6.45) is 4.52. The second kappa shape index (κ2) is 8.22. The molecule has 9 heteroatoms. The van der Waals surface area contributed by atoms with Crippen LogP contribution in [0.3, 0.4) is 0 Å². The average Bonchev–Trinajstić information content (AvgIpc) is 3.08. The van der Waals surface area contributed by atoms with E-state index in [4.69, 9.17) is 5.73 Å². The number of nitrogens with two attached hydrogens (primary N) is 1. The molecule has 1 aromatic carbocycles. The topological polar surface area (TPSA) is 114 Å². The first-order chi connectivity index (χ1) is 13.4. The molecule has 0 saturated carbocycles. The van der Waals surface area contributed by atoms with Crippen molar-refractivity contribution in [2.75, 3.05) is 17.7 Å². The van der Waals surface area contributed by atoms with Gasteiger partial charge in [0.25, 0.3) is 11.5 Å². The van der Waals surface area contributed by atoms with E-state index in [0.717, 1.165) is 28.0 Å². The number of fused-ring (bicyclic) bond motifs is 1. The van der Waals surface area contributed by atoms with E-state index in [9.17, 15) is 14.4 Å². The number of nitrogens with one attached hydrogen (secondary N) is 1. The summed E-state index contributed by atoms with van der Waals surface area (Å²) in [6, 6.07) is 7.68. The normalized spacial score (nSPS) is 11.4. The van der Waals surface area contributed by atoms with Crippen LogP contribution in [-0.2, 0) is 11.3 Å². The number of amides is 1. The molecule has 3 aromatic rings. The fourth-order valence-corrected chi connectivity index (χ4v) is 3.64. The van der Waals surface area contributed by atoms with Gasteiger partial charge in [-0.25, -0.2) is 9.78 Å². The number of H-pyrrole nitrogens is 1. The highest BCUT2D eigenvalue weighted by molar-refractivity contribution is 7.19. The molecule has 0 bridgehead atoms. The van der Waals surface area contributed by atoms with Crippen LogP contribution in [0.2, 0.25) is 0 Å². The first-order valence-electron chi connectivity index (χ1n) is 8.86. The minimum Gasteiger partial charge on any atom is -0.383 e. The number of likely N-dealkylation sites (N-methyl/N-ethyl adjacent to an activating group) is 1. The molecule has 0 aliphatic rings. The summed E-state index contributed by atoms with van der Waals surface area (Å²) in [5.41, 5.74) is 5.58. The van der Waals surface area contributed by atoms with E-state index in [1.807, 2.05) is 31.2 Å². The number of rotatable bonds is 6. The number of unbranched alkanes of at least 4 members (excludes halogenated alkanes) is 1. The zero-order chi connectivity index (χ0) is 20.3. The summed E-state index contributed by atoms with van der Waals surface area (Å²) in [7, 11) is 1.45. The number of carbonyl (C=O) groups excluding carboxylic acids is 1. The Kier molecular flexibility index (Phi) is 5.74. The fraction of sp³-hybridized carbons (Fsp3) is 0.263. The Labute approximate surface area is 164 Å². The molecule has 8 nitrogen and oxygen atoms in total.